The number of ether oxygens (including phenoxy) is 3. The minimum absolute atomic E-state index is 0.0326. The lowest BCUT2D eigenvalue weighted by molar-refractivity contribution is -0.147. The summed E-state index contributed by atoms with van der Waals surface area (Å²) in [6.45, 7) is 10.8. The first kappa shape index (κ1) is 29.1. The molecule has 0 spiro atoms. The van der Waals surface area contributed by atoms with E-state index in [-0.39, 0.29) is 42.1 Å². The normalized spacial score (nSPS) is 14.4. The molecule has 0 N–H and O–H groups in total. The summed E-state index contributed by atoms with van der Waals surface area (Å²) in [5.74, 6) is -0.179. The Balaban J connectivity index is 3.24. The van der Waals surface area contributed by atoms with Gasteiger partial charge in [-0.1, -0.05) is 59.9 Å². The van der Waals surface area contributed by atoms with Crippen molar-refractivity contribution >= 4 is 20.2 Å². The molecule has 0 aromatic heterocycles. The van der Waals surface area contributed by atoms with E-state index in [0.29, 0.717) is 11.5 Å². The molecule has 2 unspecified atom stereocenters. The summed E-state index contributed by atoms with van der Waals surface area (Å²) in [4.78, 5) is 26.7. The molecule has 1 aromatic rings. The van der Waals surface area contributed by atoms with Gasteiger partial charge in [-0.3, -0.25) is 14.2 Å². The van der Waals surface area contributed by atoms with Crippen molar-refractivity contribution in [3.63, 3.8) is 0 Å². The quantitative estimate of drug-likeness (QED) is 0.118. The molecule has 0 saturated carbocycles. The standard InChI is InChI=1S/C26H41O6P/c1-8-9-10-11-15-32-24(28)26(33-29,17-19(2)16-25(3,4)5)18-20(27)23-21(30-6)13-12-14-22(23)31-7/h12-14,19H,8-11,15-18H2,1-7H3. The van der Waals surface area contributed by atoms with Gasteiger partial charge >= 0.3 is 5.97 Å². The fraction of sp³-hybridized carbons (Fsp3) is 0.692. The van der Waals surface area contributed by atoms with Gasteiger partial charge in [0.05, 0.1) is 20.8 Å². The van der Waals surface area contributed by atoms with Crippen LogP contribution in [0.15, 0.2) is 18.2 Å². The van der Waals surface area contributed by atoms with Crippen LogP contribution < -0.4 is 9.47 Å². The van der Waals surface area contributed by atoms with Gasteiger partial charge in [0.2, 0.25) is 0 Å². The highest BCUT2D eigenvalue weighted by atomic mass is 31.1. The first-order valence-electron chi connectivity index (χ1n) is 11.8. The van der Waals surface area contributed by atoms with E-state index in [4.69, 9.17) is 14.2 Å². The summed E-state index contributed by atoms with van der Waals surface area (Å²) >= 11 is 0. The van der Waals surface area contributed by atoms with Gasteiger partial charge in [0, 0.05) is 6.42 Å². The van der Waals surface area contributed by atoms with Crippen LogP contribution in [0.25, 0.3) is 0 Å². The van der Waals surface area contributed by atoms with Gasteiger partial charge in [0.15, 0.2) is 19.4 Å². The van der Waals surface area contributed by atoms with Crippen LogP contribution in [0.3, 0.4) is 0 Å². The highest BCUT2D eigenvalue weighted by molar-refractivity contribution is 7.28. The molecule has 1 rings (SSSR count). The third-order valence-electron chi connectivity index (χ3n) is 5.59. The van der Waals surface area contributed by atoms with Gasteiger partial charge in [0.1, 0.15) is 17.1 Å². The van der Waals surface area contributed by atoms with Crippen LogP contribution in [0.1, 0.15) is 89.9 Å². The van der Waals surface area contributed by atoms with Gasteiger partial charge in [-0.15, -0.1) is 0 Å². The predicted octanol–water partition coefficient (Wildman–Crippen LogP) is 6.89. The molecule has 0 aliphatic heterocycles. The predicted molar refractivity (Wildman–Crippen MR) is 132 cm³/mol. The van der Waals surface area contributed by atoms with Crippen LogP contribution >= 0.6 is 8.46 Å². The van der Waals surface area contributed by atoms with E-state index >= 15 is 0 Å². The highest BCUT2D eigenvalue weighted by Gasteiger charge is 2.45. The number of hydrogen-bond donors (Lipinski definition) is 0. The second-order valence-electron chi connectivity index (χ2n) is 10.0. The average molecular weight is 481 g/mol. The molecular formula is C26H41O6P. The van der Waals surface area contributed by atoms with E-state index < -0.39 is 19.6 Å². The molecule has 2 atom stereocenters. The molecule has 7 heteroatoms. The van der Waals surface area contributed by atoms with E-state index in [0.717, 1.165) is 32.1 Å². The maximum absolute atomic E-state index is 13.5. The van der Waals surface area contributed by atoms with Crippen molar-refractivity contribution in [1.29, 1.82) is 0 Å². The summed E-state index contributed by atoms with van der Waals surface area (Å²) in [7, 11) is 2.53. The molecule has 0 amide bonds. The number of esters is 1. The molecule has 33 heavy (non-hydrogen) atoms. The van der Waals surface area contributed by atoms with Gasteiger partial charge in [-0.05, 0) is 42.7 Å². The Morgan fingerprint density at radius 2 is 1.61 bits per heavy atom. The summed E-state index contributed by atoms with van der Waals surface area (Å²) < 4.78 is 28.9. The van der Waals surface area contributed by atoms with E-state index in [9.17, 15) is 14.2 Å². The first-order valence-corrected chi connectivity index (χ1v) is 12.6. The van der Waals surface area contributed by atoms with E-state index in [1.165, 1.54) is 14.2 Å². The molecule has 186 valence electrons. The molecule has 0 bridgehead atoms. The second-order valence-corrected chi connectivity index (χ2v) is 11.1. The molecule has 1 aromatic carbocycles. The smallest absolute Gasteiger partial charge is 0.324 e. The molecule has 6 nitrogen and oxygen atoms in total. The van der Waals surface area contributed by atoms with Crippen molar-refractivity contribution in [3.05, 3.63) is 23.8 Å². The Morgan fingerprint density at radius 3 is 2.09 bits per heavy atom. The fourth-order valence-corrected chi connectivity index (χ4v) is 5.07. The minimum Gasteiger partial charge on any atom is -0.496 e. The Morgan fingerprint density at radius 1 is 1.00 bits per heavy atom. The third kappa shape index (κ3) is 9.08. The summed E-state index contributed by atoms with van der Waals surface area (Å²) in [5, 5.41) is -1.46. The third-order valence-corrected chi connectivity index (χ3v) is 6.47. The van der Waals surface area contributed by atoms with Crippen LogP contribution in [0.5, 0.6) is 11.5 Å². The van der Waals surface area contributed by atoms with Gasteiger partial charge in [-0.25, -0.2) is 0 Å². The van der Waals surface area contributed by atoms with Crippen LogP contribution in [0.4, 0.5) is 0 Å². The second kappa shape index (κ2) is 13.7. The van der Waals surface area contributed by atoms with Gasteiger partial charge in [-0.2, -0.15) is 0 Å². The fourth-order valence-electron chi connectivity index (χ4n) is 4.34. The van der Waals surface area contributed by atoms with Crippen molar-refractivity contribution in [2.24, 2.45) is 11.3 Å². The molecule has 0 radical (unpaired) electrons. The number of Topliss-reactive ketones (excluding diaryl/α,β-unsaturated/α-hetero) is 1. The molecule has 0 aliphatic carbocycles. The van der Waals surface area contributed by atoms with Crippen molar-refractivity contribution in [2.75, 3.05) is 20.8 Å². The Hall–Kier alpha value is -1.94. The number of hydrogen-bond acceptors (Lipinski definition) is 6. The van der Waals surface area contributed by atoms with Crippen molar-refractivity contribution in [3.8, 4) is 11.5 Å². The lowest BCUT2D eigenvalue weighted by Gasteiger charge is -2.30. The van der Waals surface area contributed by atoms with Crippen molar-refractivity contribution in [2.45, 2.75) is 84.7 Å². The first-order chi connectivity index (χ1) is 15.5. The number of carbonyl (C=O) groups excluding carboxylic acids is 2. The number of methoxy groups -OCH3 is 2. The molecule has 0 saturated heterocycles. The summed E-state index contributed by atoms with van der Waals surface area (Å²) in [6, 6.07) is 5.06. The number of unbranched alkanes of at least 4 members (excludes halogenated alkanes) is 3. The van der Waals surface area contributed by atoms with E-state index in [2.05, 4.69) is 27.7 Å². The van der Waals surface area contributed by atoms with Gasteiger partial charge < -0.3 is 14.2 Å². The Labute approximate surface area is 201 Å². The van der Waals surface area contributed by atoms with E-state index in [1.807, 2.05) is 6.92 Å². The molecule has 0 aliphatic rings. The monoisotopic (exact) mass is 480 g/mol. The van der Waals surface area contributed by atoms with Crippen LogP contribution in [0.2, 0.25) is 0 Å². The molecular weight excluding hydrogens is 439 g/mol. The maximum Gasteiger partial charge on any atom is 0.324 e. The van der Waals surface area contributed by atoms with E-state index in [1.54, 1.807) is 18.2 Å². The van der Waals surface area contributed by atoms with Crippen LogP contribution in [0, 0.1) is 11.3 Å². The lowest BCUT2D eigenvalue weighted by atomic mass is 9.80. The largest absolute Gasteiger partial charge is 0.496 e. The topological polar surface area (TPSA) is 78.9 Å². The summed E-state index contributed by atoms with van der Waals surface area (Å²) in [6.07, 6.45) is 4.71. The van der Waals surface area contributed by atoms with Crippen molar-refractivity contribution in [1.82, 2.24) is 0 Å². The summed E-state index contributed by atoms with van der Waals surface area (Å²) in [5.41, 5.74) is 0.278. The molecule has 0 fully saturated rings. The molecule has 0 heterocycles. The Kier molecular flexibility index (Phi) is 12.1. The van der Waals surface area contributed by atoms with Crippen LogP contribution in [-0.2, 0) is 14.1 Å². The minimum atomic E-state index is -1.46. The van der Waals surface area contributed by atoms with Crippen molar-refractivity contribution < 1.29 is 28.4 Å². The number of ketones is 1. The maximum atomic E-state index is 13.5. The highest BCUT2D eigenvalue weighted by Crippen LogP contribution is 2.41. The zero-order valence-corrected chi connectivity index (χ0v) is 22.3. The Bertz CT molecular complexity index is 763. The zero-order chi connectivity index (χ0) is 25.1. The number of rotatable bonds is 15. The number of benzene rings is 1. The SMILES string of the molecule is CCCCCCOC(=O)C(CC(=O)c1c(OC)cccc1OC)(CC(C)CC(C)(C)C)P=O. The van der Waals surface area contributed by atoms with Crippen LogP contribution in [-0.4, -0.2) is 37.7 Å². The lowest BCUT2D eigenvalue weighted by Crippen LogP contribution is -2.39. The van der Waals surface area contributed by atoms with Gasteiger partial charge in [0.25, 0.3) is 0 Å². The number of carbonyl (C=O) groups is 2. The average Bonchev–Trinajstić information content (AvgIpc) is 2.76. The zero-order valence-electron chi connectivity index (χ0n) is 21.4.